The van der Waals surface area contributed by atoms with Gasteiger partial charge in [-0.1, -0.05) is 0 Å². The summed E-state index contributed by atoms with van der Waals surface area (Å²) in [5.41, 5.74) is 1.09. The fourth-order valence-electron chi connectivity index (χ4n) is 2.79. The molecule has 0 bridgehead atoms. The molecule has 1 aliphatic heterocycles. The smallest absolute Gasteiger partial charge is 0.335 e. The number of ether oxygens (including phenoxy) is 2. The maximum atomic E-state index is 12.3. The lowest BCUT2D eigenvalue weighted by Gasteiger charge is -2.32. The van der Waals surface area contributed by atoms with Gasteiger partial charge < -0.3 is 19.9 Å². The summed E-state index contributed by atoms with van der Waals surface area (Å²) in [6.45, 7) is 0.925. The van der Waals surface area contributed by atoms with E-state index in [1.54, 1.807) is 36.7 Å². The van der Waals surface area contributed by atoms with E-state index in [-0.39, 0.29) is 30.0 Å². The van der Waals surface area contributed by atoms with Gasteiger partial charge in [-0.2, -0.15) is 0 Å². The van der Waals surface area contributed by atoms with Crippen molar-refractivity contribution in [2.24, 2.45) is 0 Å². The summed E-state index contributed by atoms with van der Waals surface area (Å²) in [6.07, 6.45) is 3.97. The molecule has 7 nitrogen and oxygen atoms in total. The van der Waals surface area contributed by atoms with Crippen molar-refractivity contribution in [2.45, 2.75) is 25.0 Å². The average Bonchev–Trinajstić information content (AvgIpc) is 2.64. The number of hydrogen-bond acceptors (Lipinski definition) is 5. The minimum atomic E-state index is -0.983. The lowest BCUT2D eigenvalue weighted by molar-refractivity contribution is -0.123. The Kier molecular flexibility index (Phi) is 5.80. The van der Waals surface area contributed by atoms with Crippen LogP contribution in [0.3, 0.4) is 0 Å². The van der Waals surface area contributed by atoms with Crippen LogP contribution >= 0.6 is 0 Å². The molecule has 1 amide bonds. The molecule has 136 valence electrons. The first-order valence-corrected chi connectivity index (χ1v) is 8.38. The predicted molar refractivity (Wildman–Crippen MR) is 93.1 cm³/mol. The largest absolute Gasteiger partial charge is 0.488 e. The summed E-state index contributed by atoms with van der Waals surface area (Å²) in [6, 6.07) is 9.56. The van der Waals surface area contributed by atoms with Crippen molar-refractivity contribution in [3.8, 4) is 5.75 Å². The van der Waals surface area contributed by atoms with Gasteiger partial charge in [0.15, 0.2) is 0 Å². The molecule has 0 unspecified atom stereocenters. The standard InChI is InChI=1S/C19H20N2O5/c22-18(11-13-5-8-20-9-6-13)21-16-12-25-10-7-17(16)26-15-3-1-14(2-4-15)19(23)24/h1-6,8-9,16-17H,7,10-12H2,(H,21,22)(H,23,24)/t16-,17-/m1/s1. The van der Waals surface area contributed by atoms with E-state index in [1.807, 2.05) is 0 Å². The number of carboxylic acids is 1. The maximum absolute atomic E-state index is 12.3. The van der Waals surface area contributed by atoms with Crippen LogP contribution in [0.5, 0.6) is 5.75 Å². The monoisotopic (exact) mass is 356 g/mol. The van der Waals surface area contributed by atoms with Gasteiger partial charge in [0.1, 0.15) is 11.9 Å². The lowest BCUT2D eigenvalue weighted by Crippen LogP contribution is -2.52. The number of nitrogens with one attached hydrogen (secondary N) is 1. The van der Waals surface area contributed by atoms with Crippen LogP contribution in [0.4, 0.5) is 0 Å². The molecule has 1 aliphatic rings. The summed E-state index contributed by atoms with van der Waals surface area (Å²) < 4.78 is 11.4. The Balaban J connectivity index is 1.60. The molecule has 0 spiro atoms. The molecular formula is C19H20N2O5. The van der Waals surface area contributed by atoms with Gasteiger partial charge in [-0.3, -0.25) is 9.78 Å². The molecule has 1 fully saturated rings. The molecule has 2 aromatic rings. The van der Waals surface area contributed by atoms with Crippen LogP contribution in [0.25, 0.3) is 0 Å². The molecule has 0 saturated carbocycles. The first kappa shape index (κ1) is 17.9. The number of hydrogen-bond donors (Lipinski definition) is 2. The lowest BCUT2D eigenvalue weighted by atomic mass is 10.1. The van der Waals surface area contributed by atoms with Crippen LogP contribution in [0.1, 0.15) is 22.3 Å². The number of pyridine rings is 1. The number of carbonyl (C=O) groups is 2. The van der Waals surface area contributed by atoms with Gasteiger partial charge in [0.25, 0.3) is 0 Å². The van der Waals surface area contributed by atoms with E-state index in [9.17, 15) is 9.59 Å². The molecule has 2 atom stereocenters. The normalized spacial score (nSPS) is 19.5. The molecule has 1 aromatic carbocycles. The predicted octanol–water partition coefficient (Wildman–Crippen LogP) is 1.67. The Hall–Kier alpha value is -2.93. The summed E-state index contributed by atoms with van der Waals surface area (Å²) in [7, 11) is 0. The number of nitrogens with zero attached hydrogens (tertiary/aromatic N) is 1. The van der Waals surface area contributed by atoms with Crippen LogP contribution in [0, 0.1) is 0 Å². The van der Waals surface area contributed by atoms with Crippen molar-refractivity contribution in [3.63, 3.8) is 0 Å². The summed E-state index contributed by atoms with van der Waals surface area (Å²) in [4.78, 5) is 27.1. The Bertz CT molecular complexity index is 748. The second kappa shape index (κ2) is 8.44. The fraction of sp³-hybridized carbons (Fsp3) is 0.316. The molecule has 0 aliphatic carbocycles. The Morgan fingerprint density at radius 2 is 1.92 bits per heavy atom. The van der Waals surface area contributed by atoms with Gasteiger partial charge in [-0.25, -0.2) is 4.79 Å². The van der Waals surface area contributed by atoms with Gasteiger partial charge in [-0.05, 0) is 42.0 Å². The van der Waals surface area contributed by atoms with Crippen molar-refractivity contribution >= 4 is 11.9 Å². The van der Waals surface area contributed by atoms with Gasteiger partial charge in [0, 0.05) is 18.8 Å². The Labute approximate surface area is 151 Å². The molecular weight excluding hydrogens is 336 g/mol. The quantitative estimate of drug-likeness (QED) is 0.817. The number of benzene rings is 1. The van der Waals surface area contributed by atoms with Gasteiger partial charge in [0.05, 0.1) is 31.2 Å². The highest BCUT2D eigenvalue weighted by Gasteiger charge is 2.29. The van der Waals surface area contributed by atoms with Crippen LogP contribution in [-0.4, -0.2) is 47.3 Å². The highest BCUT2D eigenvalue weighted by atomic mass is 16.5. The van der Waals surface area contributed by atoms with Crippen LogP contribution in [-0.2, 0) is 16.0 Å². The van der Waals surface area contributed by atoms with E-state index in [0.717, 1.165) is 5.56 Å². The zero-order valence-electron chi connectivity index (χ0n) is 14.1. The minimum Gasteiger partial charge on any atom is -0.488 e. The topological polar surface area (TPSA) is 97.8 Å². The first-order chi connectivity index (χ1) is 12.6. The highest BCUT2D eigenvalue weighted by Crippen LogP contribution is 2.19. The van der Waals surface area contributed by atoms with E-state index >= 15 is 0 Å². The molecule has 1 aromatic heterocycles. The SMILES string of the molecule is O=C(Cc1ccncc1)N[C@@H]1COCC[C@H]1Oc1ccc(C(=O)O)cc1. The van der Waals surface area contributed by atoms with Gasteiger partial charge in [-0.15, -0.1) is 0 Å². The number of aromatic nitrogens is 1. The van der Waals surface area contributed by atoms with E-state index in [1.165, 1.54) is 12.1 Å². The van der Waals surface area contributed by atoms with Crippen molar-refractivity contribution < 1.29 is 24.2 Å². The number of amides is 1. The third kappa shape index (κ3) is 4.80. The number of carbonyl (C=O) groups excluding carboxylic acids is 1. The minimum absolute atomic E-state index is 0.110. The average molecular weight is 356 g/mol. The van der Waals surface area contributed by atoms with Crippen LogP contribution in [0.2, 0.25) is 0 Å². The van der Waals surface area contributed by atoms with Crippen molar-refractivity contribution in [1.82, 2.24) is 10.3 Å². The molecule has 3 rings (SSSR count). The number of rotatable bonds is 6. The molecule has 2 N–H and O–H groups in total. The van der Waals surface area contributed by atoms with Crippen molar-refractivity contribution in [2.75, 3.05) is 13.2 Å². The van der Waals surface area contributed by atoms with E-state index in [2.05, 4.69) is 10.3 Å². The third-order valence-electron chi connectivity index (χ3n) is 4.14. The van der Waals surface area contributed by atoms with Crippen LogP contribution in [0.15, 0.2) is 48.8 Å². The Morgan fingerprint density at radius 3 is 2.62 bits per heavy atom. The summed E-state index contributed by atoms with van der Waals surface area (Å²) in [5.74, 6) is -0.527. The zero-order valence-corrected chi connectivity index (χ0v) is 14.1. The second-order valence-corrected chi connectivity index (χ2v) is 6.06. The van der Waals surface area contributed by atoms with Gasteiger partial charge in [0.2, 0.25) is 5.91 Å². The van der Waals surface area contributed by atoms with E-state index in [4.69, 9.17) is 14.6 Å². The molecule has 26 heavy (non-hydrogen) atoms. The van der Waals surface area contributed by atoms with Crippen molar-refractivity contribution in [1.29, 1.82) is 0 Å². The summed E-state index contributed by atoms with van der Waals surface area (Å²) in [5, 5.41) is 11.9. The second-order valence-electron chi connectivity index (χ2n) is 6.06. The van der Waals surface area contributed by atoms with E-state index < -0.39 is 5.97 Å². The third-order valence-corrected chi connectivity index (χ3v) is 4.14. The van der Waals surface area contributed by atoms with Gasteiger partial charge >= 0.3 is 5.97 Å². The van der Waals surface area contributed by atoms with E-state index in [0.29, 0.717) is 25.4 Å². The fourth-order valence-corrected chi connectivity index (χ4v) is 2.79. The number of carboxylic acid groups (broad SMARTS) is 1. The van der Waals surface area contributed by atoms with Crippen molar-refractivity contribution in [3.05, 3.63) is 59.9 Å². The van der Waals surface area contributed by atoms with Crippen LogP contribution < -0.4 is 10.1 Å². The summed E-state index contributed by atoms with van der Waals surface area (Å²) >= 11 is 0. The zero-order chi connectivity index (χ0) is 18.4. The maximum Gasteiger partial charge on any atom is 0.335 e. The molecule has 7 heteroatoms. The molecule has 1 saturated heterocycles. The number of aromatic carboxylic acids is 1. The molecule has 2 heterocycles. The first-order valence-electron chi connectivity index (χ1n) is 8.38. The highest BCUT2D eigenvalue weighted by molar-refractivity contribution is 5.87. The molecule has 0 radical (unpaired) electrons. The Morgan fingerprint density at radius 1 is 1.19 bits per heavy atom.